The molecule has 0 aromatic carbocycles. The van der Waals surface area contributed by atoms with Crippen LogP contribution in [0.3, 0.4) is 0 Å². The smallest absolute Gasteiger partial charge is 0.303 e. The largest absolute Gasteiger partial charge is 0.481 e. The summed E-state index contributed by atoms with van der Waals surface area (Å²) in [4.78, 5) is 10.2. The van der Waals surface area contributed by atoms with Crippen LogP contribution in [0.2, 0.25) is 0 Å². The van der Waals surface area contributed by atoms with Crippen molar-refractivity contribution < 1.29 is 9.90 Å². The van der Waals surface area contributed by atoms with Crippen LogP contribution < -0.4 is 0 Å². The third-order valence-corrected chi connectivity index (χ3v) is 4.00. The highest BCUT2D eigenvalue weighted by Gasteiger charge is 1.97. The predicted molar refractivity (Wildman–Crippen MR) is 61.2 cm³/mol. The zero-order valence-corrected chi connectivity index (χ0v) is 9.92. The van der Waals surface area contributed by atoms with E-state index in [2.05, 4.69) is 13.8 Å². The molecule has 0 aliphatic carbocycles. The lowest BCUT2D eigenvalue weighted by molar-refractivity contribution is -0.137. The molecule has 0 heterocycles. The molecule has 0 aliphatic rings. The number of rotatable bonds is 8. The Bertz CT molecular complexity index is 138. The lowest BCUT2D eigenvalue weighted by Crippen LogP contribution is -1.94. The van der Waals surface area contributed by atoms with E-state index in [-0.39, 0.29) is 0 Å². The fraction of sp³-hybridized carbons (Fsp3) is 0.889. The van der Waals surface area contributed by atoms with Crippen LogP contribution in [0.5, 0.6) is 0 Å². The SMILES string of the molecule is CC(C)CCSSCCCC(=O)O. The molecule has 0 aromatic rings. The van der Waals surface area contributed by atoms with Crippen LogP contribution in [-0.4, -0.2) is 22.6 Å². The molecule has 0 saturated heterocycles. The average Bonchev–Trinajstić information content (AvgIpc) is 2.01. The fourth-order valence-corrected chi connectivity index (χ4v) is 3.10. The van der Waals surface area contributed by atoms with Crippen LogP contribution >= 0.6 is 21.6 Å². The van der Waals surface area contributed by atoms with Crippen molar-refractivity contribution in [2.75, 3.05) is 11.5 Å². The van der Waals surface area contributed by atoms with Crippen molar-refractivity contribution in [2.45, 2.75) is 33.1 Å². The molecule has 0 radical (unpaired) electrons. The molecule has 0 rings (SSSR count). The molecule has 0 bridgehead atoms. The van der Waals surface area contributed by atoms with Gasteiger partial charge in [0.1, 0.15) is 0 Å². The normalized spacial score (nSPS) is 10.7. The first kappa shape index (κ1) is 13.2. The molecule has 2 nitrogen and oxygen atoms in total. The molecule has 0 unspecified atom stereocenters. The topological polar surface area (TPSA) is 37.3 Å². The third-order valence-electron chi connectivity index (χ3n) is 1.48. The van der Waals surface area contributed by atoms with Gasteiger partial charge in [-0.05, 0) is 18.8 Å². The second-order valence-electron chi connectivity index (χ2n) is 3.32. The molecular weight excluding hydrogens is 204 g/mol. The highest BCUT2D eigenvalue weighted by molar-refractivity contribution is 8.76. The van der Waals surface area contributed by atoms with Gasteiger partial charge in [-0.3, -0.25) is 4.79 Å². The van der Waals surface area contributed by atoms with E-state index >= 15 is 0 Å². The fourth-order valence-electron chi connectivity index (χ4n) is 0.684. The van der Waals surface area contributed by atoms with Gasteiger partial charge >= 0.3 is 5.97 Å². The molecule has 13 heavy (non-hydrogen) atoms. The summed E-state index contributed by atoms with van der Waals surface area (Å²) >= 11 is 0. The van der Waals surface area contributed by atoms with Crippen molar-refractivity contribution in [1.82, 2.24) is 0 Å². The van der Waals surface area contributed by atoms with E-state index in [0.717, 1.165) is 18.1 Å². The second kappa shape index (κ2) is 8.75. The van der Waals surface area contributed by atoms with E-state index in [1.54, 1.807) is 10.8 Å². The van der Waals surface area contributed by atoms with E-state index in [0.29, 0.717) is 6.42 Å². The Balaban J connectivity index is 2.96. The lowest BCUT2D eigenvalue weighted by Gasteiger charge is -2.02. The molecule has 0 aromatic heterocycles. The number of carbonyl (C=O) groups is 1. The monoisotopic (exact) mass is 222 g/mol. The minimum Gasteiger partial charge on any atom is -0.481 e. The Morgan fingerprint density at radius 3 is 2.46 bits per heavy atom. The minimum absolute atomic E-state index is 0.303. The lowest BCUT2D eigenvalue weighted by atomic mass is 10.2. The number of hydrogen-bond donors (Lipinski definition) is 1. The van der Waals surface area contributed by atoms with Crippen molar-refractivity contribution in [3.8, 4) is 0 Å². The van der Waals surface area contributed by atoms with Gasteiger partial charge < -0.3 is 5.11 Å². The molecular formula is C9H18O2S2. The van der Waals surface area contributed by atoms with Crippen molar-refractivity contribution in [3.63, 3.8) is 0 Å². The summed E-state index contributed by atoms with van der Waals surface area (Å²) in [6.07, 6.45) is 2.34. The van der Waals surface area contributed by atoms with Crippen LogP contribution in [0.15, 0.2) is 0 Å². The number of aliphatic carboxylic acids is 1. The van der Waals surface area contributed by atoms with Crippen LogP contribution in [-0.2, 0) is 4.79 Å². The maximum Gasteiger partial charge on any atom is 0.303 e. The van der Waals surface area contributed by atoms with Crippen LogP contribution in [0, 0.1) is 5.92 Å². The van der Waals surface area contributed by atoms with Gasteiger partial charge in [-0.25, -0.2) is 0 Å². The summed E-state index contributed by atoms with van der Waals surface area (Å²) in [5.41, 5.74) is 0. The highest BCUT2D eigenvalue weighted by Crippen LogP contribution is 2.24. The summed E-state index contributed by atoms with van der Waals surface area (Å²) in [6.45, 7) is 4.44. The summed E-state index contributed by atoms with van der Waals surface area (Å²) in [5.74, 6) is 2.21. The van der Waals surface area contributed by atoms with E-state index in [1.807, 2.05) is 10.8 Å². The van der Waals surface area contributed by atoms with Gasteiger partial charge in [0.2, 0.25) is 0 Å². The summed E-state index contributed by atoms with van der Waals surface area (Å²) in [6, 6.07) is 0. The number of hydrogen-bond acceptors (Lipinski definition) is 3. The molecule has 78 valence electrons. The first-order valence-electron chi connectivity index (χ1n) is 4.59. The maximum atomic E-state index is 10.2. The minimum atomic E-state index is -0.687. The molecule has 0 amide bonds. The van der Waals surface area contributed by atoms with E-state index < -0.39 is 5.97 Å². The van der Waals surface area contributed by atoms with Crippen molar-refractivity contribution in [1.29, 1.82) is 0 Å². The average molecular weight is 222 g/mol. The summed E-state index contributed by atoms with van der Waals surface area (Å²) in [5, 5.41) is 8.37. The first-order chi connectivity index (χ1) is 6.13. The van der Waals surface area contributed by atoms with Gasteiger partial charge in [0.25, 0.3) is 0 Å². The quantitative estimate of drug-likeness (QED) is 0.505. The summed E-state index contributed by atoms with van der Waals surface area (Å²) < 4.78 is 0. The van der Waals surface area contributed by atoms with Gasteiger partial charge in [0.15, 0.2) is 0 Å². The zero-order valence-electron chi connectivity index (χ0n) is 8.28. The van der Waals surface area contributed by atoms with Gasteiger partial charge in [0.05, 0.1) is 0 Å². The van der Waals surface area contributed by atoms with Crippen LogP contribution in [0.1, 0.15) is 33.1 Å². The van der Waals surface area contributed by atoms with Gasteiger partial charge in [-0.1, -0.05) is 35.4 Å². The molecule has 0 saturated carbocycles. The predicted octanol–water partition coefficient (Wildman–Crippen LogP) is 3.28. The first-order valence-corrected chi connectivity index (χ1v) is 7.08. The molecule has 0 atom stereocenters. The Morgan fingerprint density at radius 1 is 1.31 bits per heavy atom. The van der Waals surface area contributed by atoms with Gasteiger partial charge in [-0.15, -0.1) is 0 Å². The molecule has 4 heteroatoms. The van der Waals surface area contributed by atoms with Crippen LogP contribution in [0.25, 0.3) is 0 Å². The number of carboxylic acid groups (broad SMARTS) is 1. The Morgan fingerprint density at radius 2 is 1.92 bits per heavy atom. The van der Waals surface area contributed by atoms with Crippen LogP contribution in [0.4, 0.5) is 0 Å². The van der Waals surface area contributed by atoms with E-state index in [1.165, 1.54) is 12.2 Å². The third kappa shape index (κ3) is 12.2. The standard InChI is InChI=1S/C9H18O2S2/c1-8(2)5-7-13-12-6-3-4-9(10)11/h8H,3-7H2,1-2H3,(H,10,11). The molecule has 1 N–H and O–H groups in total. The zero-order chi connectivity index (χ0) is 10.1. The van der Waals surface area contributed by atoms with E-state index in [9.17, 15) is 4.79 Å². The van der Waals surface area contributed by atoms with Crippen molar-refractivity contribution in [3.05, 3.63) is 0 Å². The van der Waals surface area contributed by atoms with Crippen molar-refractivity contribution >= 4 is 27.6 Å². The maximum absolute atomic E-state index is 10.2. The molecule has 0 spiro atoms. The second-order valence-corrected chi connectivity index (χ2v) is 6.03. The Labute approximate surface area is 88.3 Å². The molecule has 0 aliphatic heterocycles. The van der Waals surface area contributed by atoms with Crippen molar-refractivity contribution in [2.24, 2.45) is 5.92 Å². The highest BCUT2D eigenvalue weighted by atomic mass is 33.1. The van der Waals surface area contributed by atoms with Gasteiger partial charge in [-0.2, -0.15) is 0 Å². The number of carboxylic acids is 1. The Hall–Kier alpha value is 0.170. The summed E-state index contributed by atoms with van der Waals surface area (Å²) in [7, 11) is 3.65. The van der Waals surface area contributed by atoms with E-state index in [4.69, 9.17) is 5.11 Å². The Kier molecular flexibility index (Phi) is 8.87. The molecule has 0 fully saturated rings. The van der Waals surface area contributed by atoms with Gasteiger partial charge in [0, 0.05) is 17.9 Å².